The van der Waals surface area contributed by atoms with E-state index in [0.29, 0.717) is 13.0 Å². The van der Waals surface area contributed by atoms with Crippen LogP contribution in [-0.2, 0) is 9.47 Å². The summed E-state index contributed by atoms with van der Waals surface area (Å²) >= 11 is 0. The van der Waals surface area contributed by atoms with Crippen LogP contribution in [0.3, 0.4) is 0 Å². The van der Waals surface area contributed by atoms with Crippen LogP contribution in [0.1, 0.15) is 19.8 Å². The number of rotatable bonds is 5. The fraction of sp³-hybridized carbons (Fsp3) is 0.857. The van der Waals surface area contributed by atoms with Crippen molar-refractivity contribution in [3.63, 3.8) is 0 Å². The average Bonchev–Trinajstić information content (AvgIpc) is 1.98. The van der Waals surface area contributed by atoms with Gasteiger partial charge in [0.1, 0.15) is 0 Å². The van der Waals surface area contributed by atoms with E-state index in [2.05, 4.69) is 11.7 Å². The van der Waals surface area contributed by atoms with Crippen molar-refractivity contribution in [1.29, 1.82) is 5.41 Å². The summed E-state index contributed by atoms with van der Waals surface area (Å²) in [5, 5.41) is 7.07. The Morgan fingerprint density at radius 2 is 2.00 bits per heavy atom. The van der Waals surface area contributed by atoms with Crippen LogP contribution in [0, 0.1) is 5.41 Å². The number of halogens is 1. The Hall–Kier alpha value is -0.280. The first kappa shape index (κ1) is 13.3. The molecule has 0 aromatic heterocycles. The summed E-state index contributed by atoms with van der Waals surface area (Å²) in [6.45, 7) is 3.43. The molecule has 0 unspecified atom stereocenters. The lowest BCUT2D eigenvalue weighted by atomic mass is 10.4. The fourth-order valence-electron chi connectivity index (χ4n) is 0.513. The molecule has 0 aliphatic carbocycles. The van der Waals surface area contributed by atoms with Gasteiger partial charge in [0.15, 0.2) is 5.90 Å². The van der Waals surface area contributed by atoms with Gasteiger partial charge in [0.05, 0.1) is 13.7 Å². The summed E-state index contributed by atoms with van der Waals surface area (Å²) < 4.78 is 9.77. The van der Waals surface area contributed by atoms with E-state index in [1.165, 1.54) is 7.11 Å². The summed E-state index contributed by atoms with van der Waals surface area (Å²) in [6, 6.07) is 0. The van der Waals surface area contributed by atoms with Crippen LogP contribution in [0.2, 0.25) is 0 Å². The molecule has 4 heteroatoms. The van der Waals surface area contributed by atoms with Gasteiger partial charge >= 0.3 is 0 Å². The van der Waals surface area contributed by atoms with Crippen molar-refractivity contribution in [2.45, 2.75) is 19.8 Å². The minimum absolute atomic E-state index is 0. The maximum atomic E-state index is 7.07. The van der Waals surface area contributed by atoms with E-state index in [1.807, 2.05) is 0 Å². The lowest BCUT2D eigenvalue weighted by molar-refractivity contribution is 0.138. The molecule has 11 heavy (non-hydrogen) atoms. The molecule has 0 fully saturated rings. The Morgan fingerprint density at radius 1 is 1.36 bits per heavy atom. The van der Waals surface area contributed by atoms with E-state index in [-0.39, 0.29) is 18.3 Å². The molecular formula is C7H16ClNO2. The zero-order chi connectivity index (χ0) is 7.82. The molecule has 0 radical (unpaired) electrons. The van der Waals surface area contributed by atoms with E-state index < -0.39 is 0 Å². The van der Waals surface area contributed by atoms with Crippen LogP contribution in [0.25, 0.3) is 0 Å². The van der Waals surface area contributed by atoms with Gasteiger partial charge in [0, 0.05) is 13.0 Å². The normalized spacial score (nSPS) is 8.55. The molecule has 0 rings (SSSR count). The highest BCUT2D eigenvalue weighted by Crippen LogP contribution is 1.87. The first-order valence-corrected chi connectivity index (χ1v) is 3.50. The van der Waals surface area contributed by atoms with Crippen molar-refractivity contribution in [3.05, 3.63) is 0 Å². The smallest absolute Gasteiger partial charge is 0.182 e. The summed E-state index contributed by atoms with van der Waals surface area (Å²) in [5.41, 5.74) is 0. The van der Waals surface area contributed by atoms with Crippen molar-refractivity contribution in [2.75, 3.05) is 20.3 Å². The number of hydrogen-bond donors (Lipinski definition) is 1. The van der Waals surface area contributed by atoms with Gasteiger partial charge in [0.25, 0.3) is 0 Å². The number of hydrogen-bond acceptors (Lipinski definition) is 3. The molecule has 3 nitrogen and oxygen atoms in total. The van der Waals surface area contributed by atoms with Gasteiger partial charge in [0.2, 0.25) is 0 Å². The molecular weight excluding hydrogens is 166 g/mol. The lowest BCUT2D eigenvalue weighted by Gasteiger charge is -2.02. The molecule has 68 valence electrons. The molecule has 0 saturated heterocycles. The summed E-state index contributed by atoms with van der Waals surface area (Å²) in [5.74, 6) is 0.288. The summed E-state index contributed by atoms with van der Waals surface area (Å²) in [7, 11) is 1.50. The molecule has 0 aromatic carbocycles. The van der Waals surface area contributed by atoms with Crippen molar-refractivity contribution in [3.8, 4) is 0 Å². The number of nitrogens with one attached hydrogen (secondary N) is 1. The zero-order valence-electron chi connectivity index (χ0n) is 7.05. The quantitative estimate of drug-likeness (QED) is 0.400. The third-order valence-corrected chi connectivity index (χ3v) is 1.07. The van der Waals surface area contributed by atoms with Gasteiger partial charge in [-0.15, -0.1) is 12.4 Å². The Balaban J connectivity index is 0. The Labute approximate surface area is 74.0 Å². The van der Waals surface area contributed by atoms with Gasteiger partial charge in [-0.3, -0.25) is 5.41 Å². The maximum absolute atomic E-state index is 7.07. The standard InChI is InChI=1S/C7H15NO2.ClH/c1-3-5-10-6-4-7(8)9-2;/h8H,3-6H2,1-2H3;1H. The SMILES string of the molecule is CCCOCCC(=N)OC.Cl. The molecule has 0 aliphatic rings. The van der Waals surface area contributed by atoms with Crippen LogP contribution < -0.4 is 0 Å². The molecule has 0 spiro atoms. The molecule has 0 bridgehead atoms. The van der Waals surface area contributed by atoms with Gasteiger partial charge in [-0.2, -0.15) is 0 Å². The summed E-state index contributed by atoms with van der Waals surface area (Å²) in [4.78, 5) is 0. The van der Waals surface area contributed by atoms with Crippen LogP contribution in [0.5, 0.6) is 0 Å². The fourth-order valence-corrected chi connectivity index (χ4v) is 0.513. The van der Waals surface area contributed by atoms with Crippen molar-refractivity contribution in [2.24, 2.45) is 0 Å². The maximum Gasteiger partial charge on any atom is 0.182 e. The Kier molecular flexibility index (Phi) is 11.8. The molecule has 0 atom stereocenters. The number of methoxy groups -OCH3 is 1. The average molecular weight is 182 g/mol. The molecule has 0 heterocycles. The lowest BCUT2D eigenvalue weighted by Crippen LogP contribution is -2.05. The highest BCUT2D eigenvalue weighted by atomic mass is 35.5. The Bertz CT molecular complexity index is 98.4. The van der Waals surface area contributed by atoms with Gasteiger partial charge < -0.3 is 9.47 Å². The van der Waals surface area contributed by atoms with Gasteiger partial charge in [-0.25, -0.2) is 0 Å². The molecule has 0 saturated carbocycles. The van der Waals surface area contributed by atoms with Gasteiger partial charge in [-0.05, 0) is 6.42 Å². The van der Waals surface area contributed by atoms with E-state index >= 15 is 0 Å². The molecule has 0 aromatic rings. The second-order valence-electron chi connectivity index (χ2n) is 1.99. The van der Waals surface area contributed by atoms with Crippen LogP contribution in [-0.4, -0.2) is 26.2 Å². The molecule has 0 aliphatic heterocycles. The monoisotopic (exact) mass is 181 g/mol. The predicted molar refractivity (Wildman–Crippen MR) is 47.7 cm³/mol. The second kappa shape index (κ2) is 9.72. The molecule has 1 N–H and O–H groups in total. The van der Waals surface area contributed by atoms with Crippen molar-refractivity contribution >= 4 is 18.3 Å². The van der Waals surface area contributed by atoms with Crippen molar-refractivity contribution in [1.82, 2.24) is 0 Å². The van der Waals surface area contributed by atoms with Gasteiger partial charge in [-0.1, -0.05) is 6.92 Å². The topological polar surface area (TPSA) is 42.3 Å². The van der Waals surface area contributed by atoms with E-state index in [4.69, 9.17) is 10.1 Å². The van der Waals surface area contributed by atoms with Crippen LogP contribution in [0.15, 0.2) is 0 Å². The van der Waals surface area contributed by atoms with Crippen LogP contribution in [0.4, 0.5) is 0 Å². The van der Waals surface area contributed by atoms with Crippen LogP contribution >= 0.6 is 12.4 Å². The summed E-state index contributed by atoms with van der Waals surface area (Å²) in [6.07, 6.45) is 1.61. The third kappa shape index (κ3) is 9.72. The highest BCUT2D eigenvalue weighted by molar-refractivity contribution is 5.85. The van der Waals surface area contributed by atoms with E-state index in [0.717, 1.165) is 13.0 Å². The first-order valence-electron chi connectivity index (χ1n) is 3.50. The van der Waals surface area contributed by atoms with Crippen molar-refractivity contribution < 1.29 is 9.47 Å². The number of ether oxygens (including phenoxy) is 2. The predicted octanol–water partition coefficient (Wildman–Crippen LogP) is 1.85. The zero-order valence-corrected chi connectivity index (χ0v) is 7.87. The minimum atomic E-state index is 0. The highest BCUT2D eigenvalue weighted by Gasteiger charge is 1.93. The minimum Gasteiger partial charge on any atom is -0.484 e. The van der Waals surface area contributed by atoms with E-state index in [1.54, 1.807) is 0 Å². The molecule has 0 amide bonds. The Morgan fingerprint density at radius 3 is 2.45 bits per heavy atom. The first-order chi connectivity index (χ1) is 4.81. The second-order valence-corrected chi connectivity index (χ2v) is 1.99. The largest absolute Gasteiger partial charge is 0.484 e. The van der Waals surface area contributed by atoms with E-state index in [9.17, 15) is 0 Å². The third-order valence-electron chi connectivity index (χ3n) is 1.07.